The monoisotopic (exact) mass is 385 g/mol. The van der Waals surface area contributed by atoms with E-state index in [-0.39, 0.29) is 18.7 Å². The molecule has 150 valence electrons. The molecular weight excluding hydrogens is 358 g/mol. The summed E-state index contributed by atoms with van der Waals surface area (Å²) >= 11 is 0. The summed E-state index contributed by atoms with van der Waals surface area (Å²) in [4.78, 5) is 23.6. The van der Waals surface area contributed by atoms with Gasteiger partial charge in [-0.2, -0.15) is 0 Å². The lowest BCUT2D eigenvalue weighted by molar-refractivity contribution is -0.137. The molecule has 2 rings (SSSR count). The lowest BCUT2D eigenvalue weighted by Gasteiger charge is -2.18. The van der Waals surface area contributed by atoms with Crippen molar-refractivity contribution in [2.45, 2.75) is 38.6 Å². The Morgan fingerprint density at radius 3 is 2.39 bits per heavy atom. The molecule has 2 N–H and O–H groups in total. The molecule has 28 heavy (non-hydrogen) atoms. The van der Waals surface area contributed by atoms with E-state index in [4.69, 9.17) is 9.47 Å². The first-order valence-corrected chi connectivity index (χ1v) is 9.19. The van der Waals surface area contributed by atoms with Gasteiger partial charge in [0.1, 0.15) is 11.5 Å². The van der Waals surface area contributed by atoms with Gasteiger partial charge in [0.05, 0.1) is 27.1 Å². The van der Waals surface area contributed by atoms with Crippen molar-refractivity contribution in [1.82, 2.24) is 5.32 Å². The van der Waals surface area contributed by atoms with Crippen LogP contribution in [0.3, 0.4) is 0 Å². The highest BCUT2D eigenvalue weighted by molar-refractivity contribution is 5.79. The number of carbonyl (C=O) groups is 2. The molecule has 0 bridgehead atoms. The van der Waals surface area contributed by atoms with Gasteiger partial charge in [-0.05, 0) is 49.1 Å². The molecule has 0 saturated carbocycles. The summed E-state index contributed by atoms with van der Waals surface area (Å²) in [6.45, 7) is 1.99. The molecule has 1 amide bonds. The molecule has 0 fully saturated rings. The van der Waals surface area contributed by atoms with Gasteiger partial charge in [0.15, 0.2) is 0 Å². The average Bonchev–Trinajstić information content (AvgIpc) is 2.66. The number of amides is 1. The minimum absolute atomic E-state index is 0.123. The highest BCUT2D eigenvalue weighted by Crippen LogP contribution is 2.22. The van der Waals surface area contributed by atoms with Crippen LogP contribution in [0.1, 0.15) is 29.5 Å². The number of hydrogen-bond donors (Lipinski definition) is 2. The fourth-order valence-corrected chi connectivity index (χ4v) is 3.08. The number of ether oxygens (including phenoxy) is 2. The normalized spacial score (nSPS) is 11.5. The Labute approximate surface area is 165 Å². The van der Waals surface area contributed by atoms with Crippen LogP contribution >= 0.6 is 0 Å². The van der Waals surface area contributed by atoms with Gasteiger partial charge in [-0.3, -0.25) is 9.59 Å². The topological polar surface area (TPSA) is 84.9 Å². The van der Waals surface area contributed by atoms with Gasteiger partial charge in [0.25, 0.3) is 0 Å². The van der Waals surface area contributed by atoms with E-state index >= 15 is 0 Å². The Kier molecular flexibility index (Phi) is 7.87. The van der Waals surface area contributed by atoms with E-state index in [0.717, 1.165) is 28.2 Å². The molecule has 0 aromatic heterocycles. The Balaban J connectivity index is 1.99. The smallest absolute Gasteiger partial charge is 0.305 e. The minimum Gasteiger partial charge on any atom is -0.497 e. The highest BCUT2D eigenvalue weighted by Gasteiger charge is 2.17. The predicted molar refractivity (Wildman–Crippen MR) is 107 cm³/mol. The summed E-state index contributed by atoms with van der Waals surface area (Å²) in [6.07, 6.45) is 1.20. The van der Waals surface area contributed by atoms with E-state index in [1.54, 1.807) is 26.4 Å². The first kappa shape index (κ1) is 21.3. The third kappa shape index (κ3) is 6.61. The van der Waals surface area contributed by atoms with Gasteiger partial charge in [-0.15, -0.1) is 0 Å². The van der Waals surface area contributed by atoms with Crippen LogP contribution in [0.15, 0.2) is 42.5 Å². The highest BCUT2D eigenvalue weighted by atomic mass is 16.5. The van der Waals surface area contributed by atoms with E-state index in [1.165, 1.54) is 0 Å². The first-order valence-electron chi connectivity index (χ1n) is 9.19. The summed E-state index contributed by atoms with van der Waals surface area (Å²) in [5.41, 5.74) is 2.95. The van der Waals surface area contributed by atoms with Crippen LogP contribution in [0.25, 0.3) is 0 Å². The summed E-state index contributed by atoms with van der Waals surface area (Å²) in [5.74, 6) is 0.350. The first-order chi connectivity index (χ1) is 13.4. The maximum Gasteiger partial charge on any atom is 0.305 e. The van der Waals surface area contributed by atoms with E-state index in [9.17, 15) is 14.7 Å². The third-order valence-corrected chi connectivity index (χ3v) is 4.51. The van der Waals surface area contributed by atoms with Gasteiger partial charge >= 0.3 is 5.97 Å². The second kappa shape index (κ2) is 10.3. The molecule has 0 saturated heterocycles. The summed E-state index contributed by atoms with van der Waals surface area (Å²) in [7, 11) is 3.20. The number of hydrogen-bond acceptors (Lipinski definition) is 4. The SMILES string of the molecule is COc1ccc(CC(=O)NC(CCc2cc(C)ccc2OC)CC(=O)O)cc1. The number of benzene rings is 2. The van der Waals surface area contributed by atoms with Gasteiger partial charge in [0, 0.05) is 6.04 Å². The molecule has 0 aliphatic heterocycles. The molecule has 6 nitrogen and oxygen atoms in total. The van der Waals surface area contributed by atoms with Crippen LogP contribution in [-0.4, -0.2) is 37.2 Å². The Morgan fingerprint density at radius 2 is 1.79 bits per heavy atom. The third-order valence-electron chi connectivity index (χ3n) is 4.51. The second-order valence-electron chi connectivity index (χ2n) is 6.74. The molecule has 1 unspecified atom stereocenters. The van der Waals surface area contributed by atoms with Crippen LogP contribution in [0.2, 0.25) is 0 Å². The zero-order valence-electron chi connectivity index (χ0n) is 16.5. The number of carbonyl (C=O) groups excluding carboxylic acids is 1. The molecular formula is C22H27NO5. The van der Waals surface area contributed by atoms with Crippen molar-refractivity contribution >= 4 is 11.9 Å². The Bertz CT molecular complexity index is 801. The van der Waals surface area contributed by atoms with Crippen LogP contribution in [0.5, 0.6) is 11.5 Å². The zero-order valence-corrected chi connectivity index (χ0v) is 16.5. The summed E-state index contributed by atoms with van der Waals surface area (Å²) < 4.78 is 10.5. The second-order valence-corrected chi connectivity index (χ2v) is 6.74. The maximum absolute atomic E-state index is 12.4. The lowest BCUT2D eigenvalue weighted by atomic mass is 10.00. The van der Waals surface area contributed by atoms with E-state index < -0.39 is 12.0 Å². The molecule has 0 aliphatic carbocycles. The van der Waals surface area contributed by atoms with Crippen molar-refractivity contribution in [2.75, 3.05) is 14.2 Å². The minimum atomic E-state index is -0.939. The van der Waals surface area contributed by atoms with Crippen molar-refractivity contribution < 1.29 is 24.2 Å². The van der Waals surface area contributed by atoms with Crippen molar-refractivity contribution in [3.8, 4) is 11.5 Å². The Hall–Kier alpha value is -3.02. The fraction of sp³-hybridized carbons (Fsp3) is 0.364. The molecule has 0 radical (unpaired) electrons. The standard InChI is InChI=1S/C22H27NO5/c1-15-4-11-20(28-3)17(12-15)7-8-18(14-22(25)26)23-21(24)13-16-5-9-19(27-2)10-6-16/h4-6,9-12,18H,7-8,13-14H2,1-3H3,(H,23,24)(H,25,26). The quantitative estimate of drug-likeness (QED) is 0.656. The number of carboxylic acids is 1. The maximum atomic E-state index is 12.4. The summed E-state index contributed by atoms with van der Waals surface area (Å²) in [5, 5.41) is 12.1. The largest absolute Gasteiger partial charge is 0.497 e. The van der Waals surface area contributed by atoms with Crippen LogP contribution in [0.4, 0.5) is 0 Å². The molecule has 6 heteroatoms. The van der Waals surface area contributed by atoms with Crippen LogP contribution in [0, 0.1) is 6.92 Å². The number of rotatable bonds is 10. The number of carboxylic acid groups (broad SMARTS) is 1. The van der Waals surface area contributed by atoms with E-state index in [1.807, 2.05) is 37.3 Å². The number of aliphatic carboxylic acids is 1. The molecule has 0 spiro atoms. The number of methoxy groups -OCH3 is 2. The van der Waals surface area contributed by atoms with Gasteiger partial charge in [-0.25, -0.2) is 0 Å². The van der Waals surface area contributed by atoms with Crippen molar-refractivity contribution in [2.24, 2.45) is 0 Å². The number of aryl methyl sites for hydroxylation is 2. The van der Waals surface area contributed by atoms with E-state index in [2.05, 4.69) is 5.32 Å². The lowest BCUT2D eigenvalue weighted by Crippen LogP contribution is -2.37. The van der Waals surface area contributed by atoms with Crippen molar-refractivity contribution in [1.29, 1.82) is 0 Å². The summed E-state index contributed by atoms with van der Waals surface area (Å²) in [6, 6.07) is 12.7. The average molecular weight is 385 g/mol. The molecule has 2 aromatic rings. The zero-order chi connectivity index (χ0) is 20.5. The van der Waals surface area contributed by atoms with E-state index in [0.29, 0.717) is 12.8 Å². The van der Waals surface area contributed by atoms with Gasteiger partial charge in [-0.1, -0.05) is 29.8 Å². The van der Waals surface area contributed by atoms with Crippen molar-refractivity contribution in [3.63, 3.8) is 0 Å². The molecule has 1 atom stereocenters. The number of nitrogens with one attached hydrogen (secondary N) is 1. The van der Waals surface area contributed by atoms with Crippen molar-refractivity contribution in [3.05, 3.63) is 59.2 Å². The Morgan fingerprint density at radius 1 is 1.07 bits per heavy atom. The van der Waals surface area contributed by atoms with Gasteiger partial charge in [0.2, 0.25) is 5.91 Å². The van der Waals surface area contributed by atoms with Gasteiger partial charge < -0.3 is 19.9 Å². The molecule has 0 aliphatic rings. The van der Waals surface area contributed by atoms with Crippen LogP contribution < -0.4 is 14.8 Å². The fourth-order valence-electron chi connectivity index (χ4n) is 3.08. The van der Waals surface area contributed by atoms with Crippen LogP contribution in [-0.2, 0) is 22.4 Å². The molecule has 0 heterocycles. The molecule has 2 aromatic carbocycles. The predicted octanol–water partition coefficient (Wildman–Crippen LogP) is 3.15.